The number of aliphatic imine (C=N–C) groups is 1. The van der Waals surface area contributed by atoms with Gasteiger partial charge in [0, 0.05) is 12.3 Å². The average molecular weight is 608 g/mol. The highest BCUT2D eigenvalue weighted by molar-refractivity contribution is 7.80. The fraction of sp³-hybridized carbons (Fsp3) is 0.739. The van der Waals surface area contributed by atoms with Crippen LogP contribution >= 0.6 is 12.6 Å². The van der Waals surface area contributed by atoms with Gasteiger partial charge in [-0.05, 0) is 52.5 Å². The molecule has 7 atom stereocenters. The van der Waals surface area contributed by atoms with Crippen molar-refractivity contribution in [2.45, 2.75) is 88.4 Å². The second-order valence-corrected chi connectivity index (χ2v) is 9.80. The van der Waals surface area contributed by atoms with Gasteiger partial charge in [-0.25, -0.2) is 4.79 Å². The summed E-state index contributed by atoms with van der Waals surface area (Å²) in [5.41, 5.74) is 21.7. The Hall–Kier alpha value is -3.19. The summed E-state index contributed by atoms with van der Waals surface area (Å²) < 4.78 is 0. The SMILES string of the molecule is C[C@@H](O)[C@H](NC(=O)[C@H](CCCN=C(N)N)NC(=O)[C@@H](NC(=O)[C@@H](N)CS)[C@@H](C)O)C(=O)N[C@@H](CCCCN)C(=O)O. The number of amides is 4. The number of carbonyl (C=O) groups is 5. The van der Waals surface area contributed by atoms with Gasteiger partial charge in [-0.1, -0.05) is 0 Å². The van der Waals surface area contributed by atoms with Crippen molar-refractivity contribution in [3.8, 4) is 0 Å². The van der Waals surface area contributed by atoms with Crippen molar-refractivity contribution < 1.29 is 39.3 Å². The third-order valence-corrected chi connectivity index (χ3v) is 6.19. The number of thiol groups is 1. The number of aliphatic carboxylic acids is 1. The Balaban J connectivity index is 5.82. The van der Waals surface area contributed by atoms with Gasteiger partial charge in [0.05, 0.1) is 18.2 Å². The molecular weight excluding hydrogens is 562 g/mol. The molecule has 0 rings (SSSR count). The molecule has 0 fully saturated rings. The Morgan fingerprint density at radius 1 is 0.780 bits per heavy atom. The van der Waals surface area contributed by atoms with Crippen molar-refractivity contribution in [1.29, 1.82) is 0 Å². The average Bonchev–Trinajstić information content (AvgIpc) is 2.89. The normalized spacial score (nSPS) is 16.1. The van der Waals surface area contributed by atoms with E-state index in [1.165, 1.54) is 13.8 Å². The topological polar surface area (TPSA) is 311 Å². The lowest BCUT2D eigenvalue weighted by atomic mass is 10.0. The van der Waals surface area contributed by atoms with Crippen LogP contribution in [0, 0.1) is 0 Å². The first-order valence-electron chi connectivity index (χ1n) is 13.1. The smallest absolute Gasteiger partial charge is 0.326 e. The van der Waals surface area contributed by atoms with E-state index in [0.29, 0.717) is 19.4 Å². The van der Waals surface area contributed by atoms with Crippen molar-refractivity contribution in [2.24, 2.45) is 27.9 Å². The molecule has 17 nitrogen and oxygen atoms in total. The molecule has 0 aliphatic carbocycles. The standard InChI is InChI=1S/C23H45N9O8S/c1-11(33)16(31-18(35)13(25)10-41)20(37)29-14(7-5-9-28-23(26)27)19(36)32-17(12(2)34)21(38)30-15(22(39)40)6-3-4-8-24/h11-17,33-34,41H,3-10,24-25H2,1-2H3,(H,29,37)(H,30,38)(H,31,35)(H,32,36)(H,39,40)(H4,26,27,28)/t11-,12-,13+,14+,15+,16+,17+/m1/s1. The van der Waals surface area contributed by atoms with Crippen molar-refractivity contribution in [3.05, 3.63) is 0 Å². The molecule has 0 heterocycles. The van der Waals surface area contributed by atoms with Gasteiger partial charge < -0.3 is 59.5 Å². The second kappa shape index (κ2) is 19.8. The molecule has 0 radical (unpaired) electrons. The highest BCUT2D eigenvalue weighted by atomic mass is 32.1. The van der Waals surface area contributed by atoms with E-state index < -0.39 is 72.0 Å². The first kappa shape index (κ1) is 37.8. The predicted octanol–water partition coefficient (Wildman–Crippen LogP) is -4.79. The molecule has 0 spiro atoms. The van der Waals surface area contributed by atoms with Gasteiger partial charge in [0.1, 0.15) is 24.2 Å². The highest BCUT2D eigenvalue weighted by Crippen LogP contribution is 2.06. The molecule has 0 bridgehead atoms. The van der Waals surface area contributed by atoms with E-state index in [-0.39, 0.29) is 37.5 Å². The quantitative estimate of drug-likeness (QED) is 0.0268. The zero-order valence-corrected chi connectivity index (χ0v) is 24.2. The zero-order valence-electron chi connectivity index (χ0n) is 23.3. The van der Waals surface area contributed by atoms with Gasteiger partial charge >= 0.3 is 5.97 Å². The minimum absolute atomic E-state index is 0.0334. The van der Waals surface area contributed by atoms with Crippen molar-refractivity contribution in [3.63, 3.8) is 0 Å². The molecule has 0 aromatic heterocycles. The molecule has 0 unspecified atom stereocenters. The monoisotopic (exact) mass is 607 g/mol. The van der Waals surface area contributed by atoms with Crippen LogP contribution in [0.4, 0.5) is 0 Å². The molecule has 0 saturated carbocycles. The van der Waals surface area contributed by atoms with Crippen molar-refractivity contribution in [2.75, 3.05) is 18.8 Å². The molecule has 0 aromatic carbocycles. The van der Waals surface area contributed by atoms with E-state index in [9.17, 15) is 39.3 Å². The number of aliphatic hydroxyl groups is 2. The molecule has 0 aliphatic rings. The van der Waals surface area contributed by atoms with Gasteiger partial charge in [-0.3, -0.25) is 24.2 Å². The Labute approximate surface area is 244 Å². The van der Waals surface area contributed by atoms with Crippen LogP contribution in [0.2, 0.25) is 0 Å². The lowest BCUT2D eigenvalue weighted by Crippen LogP contribution is -2.61. The summed E-state index contributed by atoms with van der Waals surface area (Å²) in [6.07, 6.45) is -1.70. The van der Waals surface area contributed by atoms with Gasteiger partial charge in [0.25, 0.3) is 0 Å². The Morgan fingerprint density at radius 2 is 1.27 bits per heavy atom. The first-order valence-corrected chi connectivity index (χ1v) is 13.7. The Bertz CT molecular complexity index is 902. The molecule has 0 aromatic rings. The van der Waals surface area contributed by atoms with E-state index in [1.54, 1.807) is 0 Å². The first-order chi connectivity index (χ1) is 19.2. The third kappa shape index (κ3) is 14.8. The molecule has 0 saturated heterocycles. The van der Waals surface area contributed by atoms with Crippen LogP contribution in [0.1, 0.15) is 46.0 Å². The summed E-state index contributed by atoms with van der Waals surface area (Å²) >= 11 is 3.92. The summed E-state index contributed by atoms with van der Waals surface area (Å²) in [5.74, 6) is -5.12. The number of nitrogens with zero attached hydrogens (tertiary/aromatic N) is 1. The summed E-state index contributed by atoms with van der Waals surface area (Å²) in [6, 6.07) is -6.79. The molecular formula is C23H45N9O8S. The molecule has 15 N–H and O–H groups in total. The fourth-order valence-electron chi connectivity index (χ4n) is 3.45. The fourth-order valence-corrected chi connectivity index (χ4v) is 3.62. The maximum Gasteiger partial charge on any atom is 0.326 e. The van der Waals surface area contributed by atoms with Gasteiger partial charge in [-0.2, -0.15) is 12.6 Å². The summed E-state index contributed by atoms with van der Waals surface area (Å²) in [6.45, 7) is 2.87. The minimum atomic E-state index is -1.59. The number of unbranched alkanes of at least 4 members (excludes halogenated alkanes) is 1. The van der Waals surface area contributed by atoms with Crippen LogP contribution in [-0.2, 0) is 24.0 Å². The Morgan fingerprint density at radius 3 is 1.71 bits per heavy atom. The number of nitrogens with one attached hydrogen (secondary N) is 4. The van der Waals surface area contributed by atoms with Gasteiger partial charge in [0.15, 0.2) is 5.96 Å². The number of aliphatic hydroxyl groups excluding tert-OH is 2. The number of guanidine groups is 1. The zero-order chi connectivity index (χ0) is 31.7. The van der Waals surface area contributed by atoms with Crippen LogP contribution in [0.5, 0.6) is 0 Å². The van der Waals surface area contributed by atoms with E-state index in [2.05, 4.69) is 38.9 Å². The number of carbonyl (C=O) groups excluding carboxylic acids is 4. The van der Waals surface area contributed by atoms with Crippen LogP contribution in [0.3, 0.4) is 0 Å². The lowest BCUT2D eigenvalue weighted by Gasteiger charge is -2.28. The number of hydrogen-bond donors (Lipinski definition) is 12. The van der Waals surface area contributed by atoms with E-state index >= 15 is 0 Å². The lowest BCUT2D eigenvalue weighted by molar-refractivity contribution is -0.143. The van der Waals surface area contributed by atoms with E-state index in [0.717, 1.165) is 0 Å². The third-order valence-electron chi connectivity index (χ3n) is 5.80. The van der Waals surface area contributed by atoms with Crippen LogP contribution < -0.4 is 44.2 Å². The second-order valence-electron chi connectivity index (χ2n) is 9.44. The van der Waals surface area contributed by atoms with E-state index in [1.807, 2.05) is 0 Å². The van der Waals surface area contributed by atoms with E-state index in [4.69, 9.17) is 22.9 Å². The number of nitrogens with two attached hydrogens (primary N) is 4. The number of hydrogen-bond acceptors (Lipinski definition) is 11. The number of carboxylic acid groups (broad SMARTS) is 1. The molecule has 0 aliphatic heterocycles. The highest BCUT2D eigenvalue weighted by Gasteiger charge is 2.34. The molecule has 236 valence electrons. The maximum atomic E-state index is 13.2. The molecule has 18 heteroatoms. The largest absolute Gasteiger partial charge is 0.480 e. The van der Waals surface area contributed by atoms with Crippen LogP contribution in [-0.4, -0.2) is 112 Å². The summed E-state index contributed by atoms with van der Waals surface area (Å²) in [7, 11) is 0. The van der Waals surface area contributed by atoms with Gasteiger partial charge in [-0.15, -0.1) is 0 Å². The number of rotatable bonds is 20. The summed E-state index contributed by atoms with van der Waals surface area (Å²) in [4.78, 5) is 66.6. The van der Waals surface area contributed by atoms with Crippen molar-refractivity contribution in [1.82, 2.24) is 21.3 Å². The molecule has 4 amide bonds. The minimum Gasteiger partial charge on any atom is -0.480 e. The maximum absolute atomic E-state index is 13.2. The van der Waals surface area contributed by atoms with Crippen LogP contribution in [0.25, 0.3) is 0 Å². The van der Waals surface area contributed by atoms with Crippen LogP contribution in [0.15, 0.2) is 4.99 Å². The molecule has 41 heavy (non-hydrogen) atoms. The van der Waals surface area contributed by atoms with Crippen molar-refractivity contribution >= 4 is 48.2 Å². The summed E-state index contributed by atoms with van der Waals surface area (Å²) in [5, 5.41) is 39.1. The number of carboxylic acids is 1. The Kier molecular flexibility index (Phi) is 18.3. The van der Waals surface area contributed by atoms with Gasteiger partial charge in [0.2, 0.25) is 23.6 Å². The predicted molar refractivity (Wildman–Crippen MR) is 153 cm³/mol.